The second kappa shape index (κ2) is 7.68. The maximum absolute atomic E-state index is 11.8. The maximum Gasteiger partial charge on any atom is 0.379 e. The minimum atomic E-state index is -1.12. The van der Waals surface area contributed by atoms with Crippen molar-refractivity contribution in [2.45, 2.75) is 6.92 Å². The molecular formula is C14H14O7. The molecule has 2 N–H and O–H groups in total. The van der Waals surface area contributed by atoms with E-state index in [0.717, 1.165) is 0 Å². The lowest BCUT2D eigenvalue weighted by Gasteiger charge is -2.07. The fraction of sp³-hybridized carbons (Fsp3) is 0.214. The average molecular weight is 294 g/mol. The van der Waals surface area contributed by atoms with Crippen LogP contribution in [-0.4, -0.2) is 41.1 Å². The van der Waals surface area contributed by atoms with E-state index in [1.54, 1.807) is 6.92 Å². The smallest absolute Gasteiger partial charge is 0.379 e. The lowest BCUT2D eigenvalue weighted by atomic mass is 10.0. The predicted molar refractivity (Wildman–Crippen MR) is 71.8 cm³/mol. The van der Waals surface area contributed by atoms with Gasteiger partial charge >= 0.3 is 11.9 Å². The Labute approximate surface area is 120 Å². The number of ketones is 1. The van der Waals surface area contributed by atoms with E-state index < -0.39 is 24.3 Å². The van der Waals surface area contributed by atoms with Gasteiger partial charge in [0.2, 0.25) is 0 Å². The van der Waals surface area contributed by atoms with E-state index in [1.165, 1.54) is 24.3 Å². The Morgan fingerprint density at radius 3 is 2.29 bits per heavy atom. The van der Waals surface area contributed by atoms with Gasteiger partial charge in [-0.3, -0.25) is 4.79 Å². The molecule has 0 aliphatic rings. The summed E-state index contributed by atoms with van der Waals surface area (Å²) in [5.74, 6) is -2.88. The number of rotatable bonds is 7. The number of aliphatic carboxylic acids is 1. The SMILES string of the molecule is CCOC(=O)C(=O)C(=CO)c1ccc(OCC(=O)O)cc1. The highest BCUT2D eigenvalue weighted by atomic mass is 16.5. The van der Waals surface area contributed by atoms with Crippen molar-refractivity contribution >= 4 is 23.3 Å². The second-order valence-electron chi connectivity index (χ2n) is 3.80. The Morgan fingerprint density at radius 1 is 1.19 bits per heavy atom. The van der Waals surface area contributed by atoms with Gasteiger partial charge in [-0.1, -0.05) is 12.1 Å². The number of carboxylic acids is 1. The molecule has 1 rings (SSSR count). The minimum Gasteiger partial charge on any atom is -0.515 e. The van der Waals surface area contributed by atoms with Crippen molar-refractivity contribution in [1.29, 1.82) is 0 Å². The number of hydrogen-bond donors (Lipinski definition) is 2. The summed E-state index contributed by atoms with van der Waals surface area (Å²) in [4.78, 5) is 33.5. The molecule has 0 spiro atoms. The number of hydrogen-bond acceptors (Lipinski definition) is 6. The monoisotopic (exact) mass is 294 g/mol. The molecule has 0 aromatic heterocycles. The van der Waals surface area contributed by atoms with Crippen LogP contribution < -0.4 is 4.74 Å². The molecule has 0 radical (unpaired) electrons. The summed E-state index contributed by atoms with van der Waals surface area (Å²) in [5.41, 5.74) is 0.0523. The molecule has 7 nitrogen and oxygen atoms in total. The van der Waals surface area contributed by atoms with E-state index in [-0.39, 0.29) is 23.5 Å². The van der Waals surface area contributed by atoms with Crippen LogP contribution >= 0.6 is 0 Å². The highest BCUT2D eigenvalue weighted by Crippen LogP contribution is 2.19. The lowest BCUT2D eigenvalue weighted by molar-refractivity contribution is -0.150. The lowest BCUT2D eigenvalue weighted by Crippen LogP contribution is -2.18. The fourth-order valence-electron chi connectivity index (χ4n) is 1.45. The molecule has 0 saturated carbocycles. The Morgan fingerprint density at radius 2 is 1.81 bits per heavy atom. The first-order valence-electron chi connectivity index (χ1n) is 6.00. The van der Waals surface area contributed by atoms with Gasteiger partial charge in [-0.05, 0) is 24.6 Å². The number of aliphatic hydroxyl groups is 1. The van der Waals surface area contributed by atoms with Gasteiger partial charge in [-0.25, -0.2) is 9.59 Å². The quantitative estimate of drug-likeness (QED) is 0.336. The summed E-state index contributed by atoms with van der Waals surface area (Å²) in [6, 6.07) is 5.66. The number of benzene rings is 1. The Bertz CT molecular complexity index is 557. The van der Waals surface area contributed by atoms with Crippen LogP contribution in [0.2, 0.25) is 0 Å². The summed E-state index contributed by atoms with van der Waals surface area (Å²) in [6.07, 6.45) is 0.520. The van der Waals surface area contributed by atoms with Crippen LogP contribution in [0.3, 0.4) is 0 Å². The summed E-state index contributed by atoms with van der Waals surface area (Å²) < 4.78 is 9.49. The normalized spacial score (nSPS) is 10.8. The molecule has 0 unspecified atom stereocenters. The molecule has 7 heteroatoms. The molecule has 0 aliphatic carbocycles. The van der Waals surface area contributed by atoms with Crippen LogP contribution in [0.15, 0.2) is 30.5 Å². The van der Waals surface area contributed by atoms with Gasteiger partial charge in [0.1, 0.15) is 5.75 Å². The molecule has 0 saturated heterocycles. The zero-order valence-electron chi connectivity index (χ0n) is 11.2. The molecule has 1 aromatic rings. The predicted octanol–water partition coefficient (Wildman–Crippen LogP) is 1.18. The molecule has 0 bridgehead atoms. The Balaban J connectivity index is 2.85. The van der Waals surface area contributed by atoms with E-state index in [4.69, 9.17) is 14.9 Å². The standard InChI is InChI=1S/C14H14O7/c1-2-20-14(19)13(18)11(7-15)9-3-5-10(6-4-9)21-8-12(16)17/h3-7,15H,2,8H2,1H3,(H,16,17). The zero-order chi connectivity index (χ0) is 15.8. The van der Waals surface area contributed by atoms with Gasteiger partial charge in [-0.15, -0.1) is 0 Å². The fourth-order valence-corrected chi connectivity index (χ4v) is 1.45. The van der Waals surface area contributed by atoms with Gasteiger partial charge in [-0.2, -0.15) is 0 Å². The first-order valence-corrected chi connectivity index (χ1v) is 6.00. The maximum atomic E-state index is 11.8. The number of carboxylic acid groups (broad SMARTS) is 1. The summed E-state index contributed by atoms with van der Waals surface area (Å²) in [7, 11) is 0. The zero-order valence-corrected chi connectivity index (χ0v) is 11.2. The number of esters is 1. The minimum absolute atomic E-state index is 0.0469. The third-order valence-corrected chi connectivity index (χ3v) is 2.36. The van der Waals surface area contributed by atoms with Crippen LogP contribution in [0.1, 0.15) is 12.5 Å². The van der Waals surface area contributed by atoms with Gasteiger partial charge in [0, 0.05) is 0 Å². The molecule has 0 amide bonds. The van der Waals surface area contributed by atoms with Crippen LogP contribution in [-0.2, 0) is 19.1 Å². The first kappa shape index (κ1) is 16.2. The molecule has 0 aliphatic heterocycles. The number of Topliss-reactive ketones (excluding diaryl/α,β-unsaturated/α-hetero) is 1. The average Bonchev–Trinajstić information content (AvgIpc) is 2.47. The van der Waals surface area contributed by atoms with Crippen LogP contribution in [0.5, 0.6) is 5.75 Å². The molecule has 21 heavy (non-hydrogen) atoms. The molecular weight excluding hydrogens is 280 g/mol. The molecule has 0 atom stereocenters. The Hall–Kier alpha value is -2.83. The van der Waals surface area contributed by atoms with E-state index in [2.05, 4.69) is 4.74 Å². The number of ether oxygens (including phenoxy) is 2. The number of aliphatic hydroxyl groups excluding tert-OH is 1. The third-order valence-electron chi connectivity index (χ3n) is 2.36. The summed E-state index contributed by atoms with van der Waals surface area (Å²) in [5, 5.41) is 17.6. The van der Waals surface area contributed by atoms with Crippen LogP contribution in [0, 0.1) is 0 Å². The van der Waals surface area contributed by atoms with Crippen LogP contribution in [0.25, 0.3) is 5.57 Å². The van der Waals surface area contributed by atoms with E-state index in [9.17, 15) is 14.4 Å². The highest BCUT2D eigenvalue weighted by Gasteiger charge is 2.22. The summed E-state index contributed by atoms with van der Waals surface area (Å²) >= 11 is 0. The van der Waals surface area contributed by atoms with Crippen molar-refractivity contribution < 1.29 is 34.1 Å². The van der Waals surface area contributed by atoms with Crippen molar-refractivity contribution in [3.05, 3.63) is 36.1 Å². The number of carbonyl (C=O) groups excluding carboxylic acids is 2. The van der Waals surface area contributed by atoms with Gasteiger partial charge in [0.05, 0.1) is 18.4 Å². The first-order chi connectivity index (χ1) is 9.99. The number of carbonyl (C=O) groups is 3. The van der Waals surface area contributed by atoms with Crippen molar-refractivity contribution in [3.63, 3.8) is 0 Å². The third kappa shape index (κ3) is 4.64. The van der Waals surface area contributed by atoms with Crippen molar-refractivity contribution in [3.8, 4) is 5.75 Å². The van der Waals surface area contributed by atoms with E-state index in [1.807, 2.05) is 0 Å². The van der Waals surface area contributed by atoms with Crippen molar-refractivity contribution in [2.24, 2.45) is 0 Å². The van der Waals surface area contributed by atoms with Crippen molar-refractivity contribution in [2.75, 3.05) is 13.2 Å². The highest BCUT2D eigenvalue weighted by molar-refractivity contribution is 6.51. The summed E-state index contributed by atoms with van der Waals surface area (Å²) in [6.45, 7) is 1.11. The van der Waals surface area contributed by atoms with E-state index >= 15 is 0 Å². The van der Waals surface area contributed by atoms with Crippen molar-refractivity contribution in [1.82, 2.24) is 0 Å². The van der Waals surface area contributed by atoms with Gasteiger partial charge in [0.25, 0.3) is 5.78 Å². The van der Waals surface area contributed by atoms with Crippen LogP contribution in [0.4, 0.5) is 0 Å². The largest absolute Gasteiger partial charge is 0.515 e. The van der Waals surface area contributed by atoms with Gasteiger partial charge in [0.15, 0.2) is 6.61 Å². The molecule has 0 fully saturated rings. The van der Waals surface area contributed by atoms with E-state index in [0.29, 0.717) is 6.26 Å². The second-order valence-corrected chi connectivity index (χ2v) is 3.80. The van der Waals surface area contributed by atoms with Gasteiger partial charge < -0.3 is 19.7 Å². The Kier molecular flexibility index (Phi) is 5.94. The topological polar surface area (TPSA) is 110 Å². The molecule has 1 aromatic carbocycles. The molecule has 112 valence electrons. The molecule has 0 heterocycles.